The van der Waals surface area contributed by atoms with Crippen molar-refractivity contribution < 1.29 is 9.53 Å². The van der Waals surface area contributed by atoms with Gasteiger partial charge in [-0.3, -0.25) is 4.79 Å². The molecule has 0 aromatic heterocycles. The van der Waals surface area contributed by atoms with E-state index in [9.17, 15) is 4.79 Å². The van der Waals surface area contributed by atoms with E-state index in [1.165, 1.54) is 7.11 Å². The SMILES string of the molecule is CC.CC.CCCC(=O)OC. The van der Waals surface area contributed by atoms with Gasteiger partial charge in [-0.25, -0.2) is 0 Å². The summed E-state index contributed by atoms with van der Waals surface area (Å²) in [7, 11) is 1.40. The maximum atomic E-state index is 10.2. The third-order valence-electron chi connectivity index (χ3n) is 0.682. The minimum Gasteiger partial charge on any atom is -0.469 e. The third kappa shape index (κ3) is 26.4. The predicted molar refractivity (Wildman–Crippen MR) is 49.6 cm³/mol. The molecule has 0 saturated carbocycles. The molecule has 0 unspecified atom stereocenters. The Bertz CT molecular complexity index is 60.6. The van der Waals surface area contributed by atoms with Crippen molar-refractivity contribution in [2.75, 3.05) is 7.11 Å². The standard InChI is InChI=1S/C5H10O2.2C2H6/c1-3-4-5(6)7-2;2*1-2/h3-4H2,1-2H3;2*1-2H3. The molecule has 0 aliphatic carbocycles. The van der Waals surface area contributed by atoms with Gasteiger partial charge in [-0.2, -0.15) is 0 Å². The molecular weight excluding hydrogens is 140 g/mol. The topological polar surface area (TPSA) is 26.3 Å². The van der Waals surface area contributed by atoms with E-state index in [1.54, 1.807) is 0 Å². The van der Waals surface area contributed by atoms with Crippen LogP contribution in [0.2, 0.25) is 0 Å². The molecule has 0 rings (SSSR count). The van der Waals surface area contributed by atoms with Crippen molar-refractivity contribution in [2.45, 2.75) is 47.5 Å². The molecule has 0 saturated heterocycles. The Morgan fingerprint density at radius 1 is 1.18 bits per heavy atom. The Morgan fingerprint density at radius 2 is 1.55 bits per heavy atom. The molecule has 0 aliphatic rings. The Hall–Kier alpha value is -0.530. The van der Waals surface area contributed by atoms with E-state index in [-0.39, 0.29) is 5.97 Å². The molecule has 0 fully saturated rings. The molecule has 0 bridgehead atoms. The smallest absolute Gasteiger partial charge is 0.305 e. The number of methoxy groups -OCH3 is 1. The minimum atomic E-state index is -0.123. The van der Waals surface area contributed by atoms with Gasteiger partial charge < -0.3 is 4.74 Å². The highest BCUT2D eigenvalue weighted by Gasteiger charge is 1.92. The largest absolute Gasteiger partial charge is 0.469 e. The molecule has 0 spiro atoms. The van der Waals surface area contributed by atoms with Crippen LogP contribution < -0.4 is 0 Å². The molecule has 11 heavy (non-hydrogen) atoms. The van der Waals surface area contributed by atoms with E-state index < -0.39 is 0 Å². The lowest BCUT2D eigenvalue weighted by Crippen LogP contribution is -1.97. The zero-order valence-electron chi connectivity index (χ0n) is 8.73. The number of rotatable bonds is 2. The fourth-order valence-electron chi connectivity index (χ4n) is 0.306. The van der Waals surface area contributed by atoms with Gasteiger partial charge in [-0.15, -0.1) is 0 Å². The molecule has 0 atom stereocenters. The van der Waals surface area contributed by atoms with Crippen LogP contribution in [-0.2, 0) is 9.53 Å². The van der Waals surface area contributed by atoms with E-state index in [0.29, 0.717) is 6.42 Å². The van der Waals surface area contributed by atoms with Crippen molar-refractivity contribution in [3.63, 3.8) is 0 Å². The van der Waals surface area contributed by atoms with Crippen LogP contribution in [0.5, 0.6) is 0 Å². The maximum Gasteiger partial charge on any atom is 0.305 e. The lowest BCUT2D eigenvalue weighted by Gasteiger charge is -1.91. The number of hydrogen-bond acceptors (Lipinski definition) is 2. The first-order chi connectivity index (χ1) is 5.31. The average molecular weight is 162 g/mol. The molecule has 0 aromatic rings. The molecule has 70 valence electrons. The molecule has 2 nitrogen and oxygen atoms in total. The summed E-state index contributed by atoms with van der Waals surface area (Å²) in [5, 5.41) is 0. The van der Waals surface area contributed by atoms with Crippen molar-refractivity contribution in [2.24, 2.45) is 0 Å². The van der Waals surface area contributed by atoms with E-state index in [0.717, 1.165) is 6.42 Å². The monoisotopic (exact) mass is 162 g/mol. The second-order valence-corrected chi connectivity index (χ2v) is 1.33. The summed E-state index contributed by atoms with van der Waals surface area (Å²) in [5.41, 5.74) is 0. The van der Waals surface area contributed by atoms with Gasteiger partial charge in [0, 0.05) is 6.42 Å². The summed E-state index contributed by atoms with van der Waals surface area (Å²) in [6.07, 6.45) is 1.41. The van der Waals surface area contributed by atoms with Crippen molar-refractivity contribution in [1.29, 1.82) is 0 Å². The first-order valence-corrected chi connectivity index (χ1v) is 4.38. The van der Waals surface area contributed by atoms with Crippen LogP contribution in [0.15, 0.2) is 0 Å². The van der Waals surface area contributed by atoms with Crippen LogP contribution >= 0.6 is 0 Å². The summed E-state index contributed by atoms with van der Waals surface area (Å²) >= 11 is 0. The van der Waals surface area contributed by atoms with Gasteiger partial charge >= 0.3 is 5.97 Å². The van der Waals surface area contributed by atoms with Crippen LogP contribution in [0.3, 0.4) is 0 Å². The third-order valence-corrected chi connectivity index (χ3v) is 0.682. The Kier molecular flexibility index (Phi) is 34.7. The van der Waals surface area contributed by atoms with Gasteiger partial charge in [0.25, 0.3) is 0 Å². The molecular formula is C9H22O2. The quantitative estimate of drug-likeness (QED) is 0.583. The highest BCUT2D eigenvalue weighted by atomic mass is 16.5. The first kappa shape index (κ1) is 16.8. The number of ether oxygens (including phenoxy) is 1. The lowest BCUT2D eigenvalue weighted by molar-refractivity contribution is -0.140. The Labute approximate surface area is 70.9 Å². The summed E-state index contributed by atoms with van der Waals surface area (Å²) < 4.78 is 4.35. The van der Waals surface area contributed by atoms with E-state index >= 15 is 0 Å². The first-order valence-electron chi connectivity index (χ1n) is 4.38. The predicted octanol–water partition coefficient (Wildman–Crippen LogP) is 3.01. The zero-order chi connectivity index (χ0) is 9.70. The molecule has 0 aromatic carbocycles. The van der Waals surface area contributed by atoms with Gasteiger partial charge in [0.15, 0.2) is 0 Å². The number of carbonyl (C=O) groups excluding carboxylic acids is 1. The Morgan fingerprint density at radius 3 is 1.64 bits per heavy atom. The summed E-state index contributed by atoms with van der Waals surface area (Å²) in [4.78, 5) is 10.2. The second-order valence-electron chi connectivity index (χ2n) is 1.33. The summed E-state index contributed by atoms with van der Waals surface area (Å²) in [5.74, 6) is -0.123. The van der Waals surface area contributed by atoms with Gasteiger partial charge in [0.2, 0.25) is 0 Å². The summed E-state index contributed by atoms with van der Waals surface area (Å²) in [6.45, 7) is 9.94. The zero-order valence-corrected chi connectivity index (χ0v) is 8.73. The highest BCUT2D eigenvalue weighted by molar-refractivity contribution is 5.68. The van der Waals surface area contributed by atoms with Crippen LogP contribution in [0, 0.1) is 0 Å². The van der Waals surface area contributed by atoms with Crippen molar-refractivity contribution in [1.82, 2.24) is 0 Å². The Balaban J connectivity index is -0.000000138. The molecule has 0 heterocycles. The fourth-order valence-corrected chi connectivity index (χ4v) is 0.306. The highest BCUT2D eigenvalue weighted by Crippen LogP contribution is 1.86. The second kappa shape index (κ2) is 22.7. The minimum absolute atomic E-state index is 0.123. The summed E-state index contributed by atoms with van der Waals surface area (Å²) in [6, 6.07) is 0. The van der Waals surface area contributed by atoms with E-state index in [4.69, 9.17) is 0 Å². The maximum absolute atomic E-state index is 10.2. The van der Waals surface area contributed by atoms with Crippen LogP contribution in [-0.4, -0.2) is 13.1 Å². The molecule has 0 N–H and O–H groups in total. The lowest BCUT2D eigenvalue weighted by atomic mass is 10.3. The molecule has 2 heteroatoms. The van der Waals surface area contributed by atoms with Gasteiger partial charge in [0.05, 0.1) is 7.11 Å². The normalized spacial score (nSPS) is 6.36. The fraction of sp³-hybridized carbons (Fsp3) is 0.889. The number of esters is 1. The van der Waals surface area contributed by atoms with Crippen LogP contribution in [0.1, 0.15) is 47.5 Å². The van der Waals surface area contributed by atoms with E-state index in [2.05, 4.69) is 4.74 Å². The van der Waals surface area contributed by atoms with E-state index in [1.807, 2.05) is 34.6 Å². The molecule has 0 amide bonds. The van der Waals surface area contributed by atoms with Gasteiger partial charge in [0.1, 0.15) is 0 Å². The van der Waals surface area contributed by atoms with Crippen molar-refractivity contribution >= 4 is 5.97 Å². The van der Waals surface area contributed by atoms with Crippen molar-refractivity contribution in [3.8, 4) is 0 Å². The molecule has 0 aliphatic heterocycles. The van der Waals surface area contributed by atoms with Crippen LogP contribution in [0.25, 0.3) is 0 Å². The number of carbonyl (C=O) groups is 1. The van der Waals surface area contributed by atoms with Gasteiger partial charge in [-0.05, 0) is 6.42 Å². The van der Waals surface area contributed by atoms with Gasteiger partial charge in [-0.1, -0.05) is 34.6 Å². The van der Waals surface area contributed by atoms with Crippen LogP contribution in [0.4, 0.5) is 0 Å². The van der Waals surface area contributed by atoms with Crippen molar-refractivity contribution in [3.05, 3.63) is 0 Å². The molecule has 0 radical (unpaired) electrons. The number of hydrogen-bond donors (Lipinski definition) is 0. The average Bonchev–Trinajstić information content (AvgIpc) is 2.12.